The topological polar surface area (TPSA) is 66.8 Å². The standard InChI is InChI=1S/C15H22O4/c1-15(2,3)14(18)12-6-4-11(5-7-12)9-19-10-13(17)8-16/h4-7,13,16-17H,8-10H2,1-3H3/t13-/m1/s1. The van der Waals surface area contributed by atoms with Crippen LogP contribution in [0.3, 0.4) is 0 Å². The number of carbonyl (C=O) groups excluding carboxylic acids is 1. The molecule has 1 atom stereocenters. The van der Waals surface area contributed by atoms with Crippen LogP contribution in [0.5, 0.6) is 0 Å². The molecule has 2 N–H and O–H groups in total. The number of aliphatic hydroxyl groups excluding tert-OH is 2. The second kappa shape index (κ2) is 6.80. The van der Waals surface area contributed by atoms with Gasteiger partial charge in [0, 0.05) is 11.0 Å². The van der Waals surface area contributed by atoms with Crippen molar-refractivity contribution in [3.05, 3.63) is 35.4 Å². The molecule has 0 aromatic heterocycles. The van der Waals surface area contributed by atoms with E-state index in [1.54, 1.807) is 12.1 Å². The minimum Gasteiger partial charge on any atom is -0.394 e. The maximum Gasteiger partial charge on any atom is 0.168 e. The Hall–Kier alpha value is -1.23. The Morgan fingerprint density at radius 1 is 1.26 bits per heavy atom. The van der Waals surface area contributed by atoms with Crippen LogP contribution in [0.25, 0.3) is 0 Å². The molecule has 0 aliphatic carbocycles. The summed E-state index contributed by atoms with van der Waals surface area (Å²) in [6.45, 7) is 5.81. The van der Waals surface area contributed by atoms with E-state index in [-0.39, 0.29) is 24.4 Å². The van der Waals surface area contributed by atoms with Crippen molar-refractivity contribution in [1.82, 2.24) is 0 Å². The highest BCUT2D eigenvalue weighted by Gasteiger charge is 2.22. The van der Waals surface area contributed by atoms with Crippen molar-refractivity contribution in [2.24, 2.45) is 5.41 Å². The van der Waals surface area contributed by atoms with Crippen LogP contribution in [0.2, 0.25) is 0 Å². The van der Waals surface area contributed by atoms with Gasteiger partial charge in [0.2, 0.25) is 0 Å². The first kappa shape index (κ1) is 15.8. The van der Waals surface area contributed by atoms with Gasteiger partial charge in [-0.1, -0.05) is 45.0 Å². The van der Waals surface area contributed by atoms with E-state index in [4.69, 9.17) is 14.9 Å². The first-order valence-electron chi connectivity index (χ1n) is 6.35. The number of ketones is 1. The average Bonchev–Trinajstić information content (AvgIpc) is 2.37. The number of benzene rings is 1. The fraction of sp³-hybridized carbons (Fsp3) is 0.533. The summed E-state index contributed by atoms with van der Waals surface area (Å²) in [4.78, 5) is 12.0. The minimum atomic E-state index is -0.846. The second-order valence-electron chi connectivity index (χ2n) is 5.63. The van der Waals surface area contributed by atoms with E-state index >= 15 is 0 Å². The van der Waals surface area contributed by atoms with Crippen molar-refractivity contribution in [1.29, 1.82) is 0 Å². The summed E-state index contributed by atoms with van der Waals surface area (Å²) < 4.78 is 5.25. The van der Waals surface area contributed by atoms with Crippen LogP contribution in [0.4, 0.5) is 0 Å². The SMILES string of the molecule is CC(C)(C)C(=O)c1ccc(COC[C@H](O)CO)cc1. The third-order valence-corrected chi connectivity index (χ3v) is 2.69. The molecule has 0 saturated heterocycles. The van der Waals surface area contributed by atoms with Crippen LogP contribution < -0.4 is 0 Å². The Kier molecular flexibility index (Phi) is 5.66. The molecule has 0 aliphatic rings. The zero-order valence-corrected chi connectivity index (χ0v) is 11.7. The van der Waals surface area contributed by atoms with Crippen molar-refractivity contribution in [3.63, 3.8) is 0 Å². The van der Waals surface area contributed by atoms with Gasteiger partial charge in [0.05, 0.1) is 19.8 Å². The Bertz CT molecular complexity index is 403. The number of aliphatic hydroxyl groups is 2. The van der Waals surface area contributed by atoms with E-state index in [0.717, 1.165) is 5.56 Å². The molecule has 1 aromatic rings. The van der Waals surface area contributed by atoms with Crippen LogP contribution in [0, 0.1) is 5.41 Å². The highest BCUT2D eigenvalue weighted by Crippen LogP contribution is 2.21. The predicted octanol–water partition coefficient (Wildman–Crippen LogP) is 1.79. The molecule has 0 heterocycles. The van der Waals surface area contributed by atoms with E-state index in [1.807, 2.05) is 32.9 Å². The van der Waals surface area contributed by atoms with Gasteiger partial charge in [-0.3, -0.25) is 4.79 Å². The molecular weight excluding hydrogens is 244 g/mol. The minimum absolute atomic E-state index is 0.0964. The lowest BCUT2D eigenvalue weighted by Gasteiger charge is -2.16. The smallest absolute Gasteiger partial charge is 0.168 e. The number of rotatable bonds is 6. The maximum absolute atomic E-state index is 12.0. The molecule has 0 spiro atoms. The van der Waals surface area contributed by atoms with Gasteiger partial charge in [0.1, 0.15) is 6.10 Å². The molecule has 0 amide bonds. The van der Waals surface area contributed by atoms with E-state index in [0.29, 0.717) is 12.2 Å². The fourth-order valence-electron chi connectivity index (χ4n) is 1.55. The normalized spacial score (nSPS) is 13.3. The van der Waals surface area contributed by atoms with Crippen LogP contribution in [-0.2, 0) is 11.3 Å². The summed E-state index contributed by atoms with van der Waals surface area (Å²) in [7, 11) is 0. The highest BCUT2D eigenvalue weighted by molar-refractivity contribution is 5.99. The summed E-state index contributed by atoms with van der Waals surface area (Å²) in [6.07, 6.45) is -0.846. The van der Waals surface area contributed by atoms with Crippen LogP contribution in [-0.4, -0.2) is 35.3 Å². The number of hydrogen-bond acceptors (Lipinski definition) is 4. The summed E-state index contributed by atoms with van der Waals surface area (Å²) in [5.41, 5.74) is 1.23. The molecule has 0 fully saturated rings. The van der Waals surface area contributed by atoms with E-state index < -0.39 is 6.10 Å². The number of carbonyl (C=O) groups is 1. The zero-order chi connectivity index (χ0) is 14.5. The Morgan fingerprint density at radius 3 is 2.32 bits per heavy atom. The van der Waals surface area contributed by atoms with Gasteiger partial charge in [-0.05, 0) is 5.56 Å². The van der Waals surface area contributed by atoms with E-state index in [9.17, 15) is 4.79 Å². The first-order valence-corrected chi connectivity index (χ1v) is 6.35. The predicted molar refractivity (Wildman–Crippen MR) is 73.0 cm³/mol. The fourth-order valence-corrected chi connectivity index (χ4v) is 1.55. The lowest BCUT2D eigenvalue weighted by Crippen LogP contribution is -2.20. The summed E-state index contributed by atoms with van der Waals surface area (Å²) in [6, 6.07) is 7.25. The first-order chi connectivity index (χ1) is 8.84. The van der Waals surface area contributed by atoms with Crippen LogP contribution >= 0.6 is 0 Å². The molecule has 19 heavy (non-hydrogen) atoms. The van der Waals surface area contributed by atoms with Crippen molar-refractivity contribution in [2.45, 2.75) is 33.5 Å². The molecule has 1 rings (SSSR count). The second-order valence-corrected chi connectivity index (χ2v) is 5.63. The number of Topliss-reactive ketones (excluding diaryl/α,β-unsaturated/α-hetero) is 1. The van der Waals surface area contributed by atoms with Gasteiger partial charge in [0.15, 0.2) is 5.78 Å². The lowest BCUT2D eigenvalue weighted by molar-refractivity contribution is 0.0000222. The highest BCUT2D eigenvalue weighted by atomic mass is 16.5. The van der Waals surface area contributed by atoms with Crippen molar-refractivity contribution < 1.29 is 19.7 Å². The number of ether oxygens (including phenoxy) is 1. The quantitative estimate of drug-likeness (QED) is 0.770. The van der Waals surface area contributed by atoms with Gasteiger partial charge < -0.3 is 14.9 Å². The van der Waals surface area contributed by atoms with Crippen LogP contribution in [0.15, 0.2) is 24.3 Å². The van der Waals surface area contributed by atoms with Gasteiger partial charge in [-0.15, -0.1) is 0 Å². The number of hydrogen-bond donors (Lipinski definition) is 2. The summed E-state index contributed by atoms with van der Waals surface area (Å²) >= 11 is 0. The van der Waals surface area contributed by atoms with Crippen molar-refractivity contribution in [3.8, 4) is 0 Å². The van der Waals surface area contributed by atoms with Crippen molar-refractivity contribution in [2.75, 3.05) is 13.2 Å². The van der Waals surface area contributed by atoms with Gasteiger partial charge >= 0.3 is 0 Å². The van der Waals surface area contributed by atoms with E-state index in [2.05, 4.69) is 0 Å². The third kappa shape index (κ3) is 5.11. The molecule has 0 bridgehead atoms. The Balaban J connectivity index is 2.55. The van der Waals surface area contributed by atoms with Crippen molar-refractivity contribution >= 4 is 5.78 Å². The molecule has 106 valence electrons. The van der Waals surface area contributed by atoms with Gasteiger partial charge in [-0.2, -0.15) is 0 Å². The average molecular weight is 266 g/mol. The lowest BCUT2D eigenvalue weighted by atomic mass is 9.86. The van der Waals surface area contributed by atoms with E-state index in [1.165, 1.54) is 0 Å². The maximum atomic E-state index is 12.0. The molecule has 1 aromatic carbocycles. The van der Waals surface area contributed by atoms with Gasteiger partial charge in [0.25, 0.3) is 0 Å². The Morgan fingerprint density at radius 2 is 1.84 bits per heavy atom. The Labute approximate surface area is 114 Å². The molecular formula is C15H22O4. The third-order valence-electron chi connectivity index (χ3n) is 2.69. The molecule has 0 unspecified atom stereocenters. The summed E-state index contributed by atoms with van der Waals surface area (Å²) in [5.74, 6) is 0.107. The molecule has 0 saturated carbocycles. The summed E-state index contributed by atoms with van der Waals surface area (Å²) in [5, 5.41) is 17.8. The molecule has 0 radical (unpaired) electrons. The molecule has 0 aliphatic heterocycles. The monoisotopic (exact) mass is 266 g/mol. The largest absolute Gasteiger partial charge is 0.394 e. The molecule has 4 nitrogen and oxygen atoms in total. The zero-order valence-electron chi connectivity index (χ0n) is 11.7. The van der Waals surface area contributed by atoms with Crippen LogP contribution in [0.1, 0.15) is 36.7 Å². The molecule has 4 heteroatoms. The van der Waals surface area contributed by atoms with Gasteiger partial charge in [-0.25, -0.2) is 0 Å².